The summed E-state index contributed by atoms with van der Waals surface area (Å²) < 4.78 is 5.00. The summed E-state index contributed by atoms with van der Waals surface area (Å²) in [7, 11) is 0. The topological polar surface area (TPSA) is 8.17 Å². The van der Waals surface area contributed by atoms with Gasteiger partial charge in [-0.3, -0.25) is 0 Å². The molecular weight excluding hydrogens is 781 g/mol. The lowest BCUT2D eigenvalue weighted by molar-refractivity contribution is 0.856. The summed E-state index contributed by atoms with van der Waals surface area (Å²) in [4.78, 5) is 2.43. The van der Waals surface area contributed by atoms with Crippen LogP contribution in [0.15, 0.2) is 237 Å². The molecular formula is C60H42N2S. The van der Waals surface area contributed by atoms with Crippen molar-refractivity contribution in [1.29, 1.82) is 0 Å². The average molecular weight is 823 g/mol. The molecule has 2 heterocycles. The van der Waals surface area contributed by atoms with Gasteiger partial charge in [0, 0.05) is 65.1 Å². The zero-order valence-electron chi connectivity index (χ0n) is 34.6. The van der Waals surface area contributed by atoms with E-state index in [0.29, 0.717) is 5.92 Å². The first-order valence-electron chi connectivity index (χ1n) is 21.8. The number of para-hydroxylation sites is 3. The fourth-order valence-electron chi connectivity index (χ4n) is 9.67. The summed E-state index contributed by atoms with van der Waals surface area (Å²) in [6, 6.07) is 79.8. The number of thiophene rings is 1. The zero-order valence-corrected chi connectivity index (χ0v) is 35.4. The third kappa shape index (κ3) is 6.57. The molecule has 0 radical (unpaired) electrons. The molecule has 9 aromatic carbocycles. The van der Waals surface area contributed by atoms with Gasteiger partial charge in [0.05, 0.1) is 16.7 Å². The van der Waals surface area contributed by atoms with Crippen LogP contribution in [-0.4, -0.2) is 4.57 Å². The molecule has 1 aliphatic rings. The smallest absolute Gasteiger partial charge is 0.0541 e. The molecule has 298 valence electrons. The van der Waals surface area contributed by atoms with Gasteiger partial charge in [0.25, 0.3) is 0 Å². The van der Waals surface area contributed by atoms with Gasteiger partial charge in [-0.25, -0.2) is 0 Å². The van der Waals surface area contributed by atoms with Gasteiger partial charge in [-0.05, 0) is 94.9 Å². The highest BCUT2D eigenvalue weighted by molar-refractivity contribution is 7.26. The van der Waals surface area contributed by atoms with Crippen molar-refractivity contribution in [2.75, 3.05) is 4.90 Å². The first kappa shape index (κ1) is 37.1. The highest BCUT2D eigenvalue weighted by Gasteiger charge is 2.21. The SMILES string of the molecule is C1=CC(c2ccccc2)CC=C1c1ccc(N(c2ccc(-c3ccc(-n4c5ccccc5c5ccccc54)cc3)cc2)c2ccccc2-c2cccc3c2sc2ccccc23)cc1. The molecule has 1 unspecified atom stereocenters. The minimum Gasteiger partial charge on any atom is -0.310 e. The molecule has 1 aliphatic carbocycles. The highest BCUT2D eigenvalue weighted by atomic mass is 32.1. The van der Waals surface area contributed by atoms with Gasteiger partial charge in [-0.15, -0.1) is 11.3 Å². The summed E-state index contributed by atoms with van der Waals surface area (Å²) in [6.07, 6.45) is 8.04. The fraction of sp³-hybridized carbons (Fsp3) is 0.0333. The number of benzene rings is 9. The summed E-state index contributed by atoms with van der Waals surface area (Å²) in [6.45, 7) is 0. The highest BCUT2D eigenvalue weighted by Crippen LogP contribution is 2.46. The third-order valence-corrected chi connectivity index (χ3v) is 14.0. The zero-order chi connectivity index (χ0) is 41.7. The number of fused-ring (bicyclic) bond motifs is 6. The normalized spacial score (nSPS) is 13.8. The number of hydrogen-bond donors (Lipinski definition) is 0. The lowest BCUT2D eigenvalue weighted by atomic mass is 9.88. The standard InChI is InChI=1S/C60H42N2S/c1-2-13-41(14-3-1)42-25-27-43(28-26-42)44-29-35-47(36-30-44)61(56-21-8-6-17-52(56)54-19-12-20-55-53-18-7-11-24-59(53)63-60(54)55)48-37-31-45(32-38-48)46-33-39-49(40-34-46)62-57-22-9-4-15-50(57)51-16-5-10-23-58(51)62/h1-25,27-40,42H,26H2. The van der Waals surface area contributed by atoms with E-state index in [9.17, 15) is 0 Å². The first-order valence-corrected chi connectivity index (χ1v) is 22.6. The van der Waals surface area contributed by atoms with E-state index < -0.39 is 0 Å². The molecule has 0 N–H and O–H groups in total. The van der Waals surface area contributed by atoms with Crippen molar-refractivity contribution in [3.05, 3.63) is 248 Å². The Morgan fingerprint density at radius 3 is 1.68 bits per heavy atom. The van der Waals surface area contributed by atoms with Crippen LogP contribution in [-0.2, 0) is 0 Å². The van der Waals surface area contributed by atoms with Crippen LogP contribution >= 0.6 is 11.3 Å². The molecule has 0 saturated heterocycles. The second-order valence-electron chi connectivity index (χ2n) is 16.4. The number of rotatable bonds is 8. The van der Waals surface area contributed by atoms with E-state index in [1.54, 1.807) is 0 Å². The third-order valence-electron chi connectivity index (χ3n) is 12.8. The Labute approximate surface area is 371 Å². The lowest BCUT2D eigenvalue weighted by Crippen LogP contribution is -2.11. The van der Waals surface area contributed by atoms with Gasteiger partial charge in [-0.2, -0.15) is 0 Å². The molecule has 3 heteroatoms. The molecule has 1 atom stereocenters. The van der Waals surface area contributed by atoms with Gasteiger partial charge < -0.3 is 9.47 Å². The Morgan fingerprint density at radius 1 is 0.444 bits per heavy atom. The van der Waals surface area contributed by atoms with E-state index in [0.717, 1.165) is 29.2 Å². The number of aromatic nitrogens is 1. The van der Waals surface area contributed by atoms with Gasteiger partial charge >= 0.3 is 0 Å². The van der Waals surface area contributed by atoms with Crippen molar-refractivity contribution in [3.63, 3.8) is 0 Å². The second kappa shape index (κ2) is 15.6. The van der Waals surface area contributed by atoms with Crippen LogP contribution < -0.4 is 4.90 Å². The molecule has 0 spiro atoms. The summed E-state index contributed by atoms with van der Waals surface area (Å²) in [5.74, 6) is 0.410. The predicted octanol–water partition coefficient (Wildman–Crippen LogP) is 17.1. The van der Waals surface area contributed by atoms with Gasteiger partial charge in [-0.1, -0.05) is 176 Å². The monoisotopic (exact) mass is 822 g/mol. The van der Waals surface area contributed by atoms with Crippen LogP contribution in [0.2, 0.25) is 0 Å². The molecule has 12 rings (SSSR count). The summed E-state index contributed by atoms with van der Waals surface area (Å²) in [5, 5.41) is 5.16. The van der Waals surface area contributed by atoms with E-state index >= 15 is 0 Å². The average Bonchev–Trinajstić information content (AvgIpc) is 3.91. The Balaban J connectivity index is 0.923. The van der Waals surface area contributed by atoms with Crippen molar-refractivity contribution in [2.45, 2.75) is 12.3 Å². The van der Waals surface area contributed by atoms with Crippen molar-refractivity contribution in [2.24, 2.45) is 0 Å². The molecule has 0 amide bonds. The van der Waals surface area contributed by atoms with Crippen molar-refractivity contribution >= 4 is 76.0 Å². The quantitative estimate of drug-likeness (QED) is 0.148. The fourth-order valence-corrected chi connectivity index (χ4v) is 10.9. The Morgan fingerprint density at radius 2 is 1.00 bits per heavy atom. The van der Waals surface area contributed by atoms with Gasteiger partial charge in [0.2, 0.25) is 0 Å². The lowest BCUT2D eigenvalue weighted by Gasteiger charge is -2.28. The van der Waals surface area contributed by atoms with E-state index in [1.165, 1.54) is 80.9 Å². The van der Waals surface area contributed by atoms with Crippen LogP contribution in [0.4, 0.5) is 17.1 Å². The molecule has 0 fully saturated rings. The van der Waals surface area contributed by atoms with Crippen molar-refractivity contribution in [1.82, 2.24) is 4.57 Å². The van der Waals surface area contributed by atoms with Crippen LogP contribution in [0.3, 0.4) is 0 Å². The number of anilines is 3. The predicted molar refractivity (Wildman–Crippen MR) is 270 cm³/mol. The first-order chi connectivity index (χ1) is 31.2. The van der Waals surface area contributed by atoms with Crippen molar-refractivity contribution in [3.8, 4) is 27.9 Å². The molecule has 0 bridgehead atoms. The van der Waals surface area contributed by atoms with E-state index in [-0.39, 0.29) is 0 Å². The van der Waals surface area contributed by atoms with Gasteiger partial charge in [0.15, 0.2) is 0 Å². The maximum atomic E-state index is 2.43. The summed E-state index contributed by atoms with van der Waals surface area (Å²) in [5.41, 5.74) is 15.6. The number of nitrogens with zero attached hydrogens (tertiary/aromatic N) is 2. The Bertz CT molecular complexity index is 3460. The molecule has 11 aromatic rings. The second-order valence-corrected chi connectivity index (χ2v) is 17.5. The van der Waals surface area contributed by atoms with Crippen molar-refractivity contribution < 1.29 is 0 Å². The molecule has 63 heavy (non-hydrogen) atoms. The number of hydrogen-bond acceptors (Lipinski definition) is 2. The molecule has 2 nitrogen and oxygen atoms in total. The van der Waals surface area contributed by atoms with E-state index in [4.69, 9.17) is 0 Å². The largest absolute Gasteiger partial charge is 0.310 e. The minimum absolute atomic E-state index is 0.410. The van der Waals surface area contributed by atoms with Gasteiger partial charge in [0.1, 0.15) is 0 Å². The maximum Gasteiger partial charge on any atom is 0.0541 e. The minimum atomic E-state index is 0.410. The number of allylic oxidation sites excluding steroid dienone is 4. The molecule has 0 saturated carbocycles. The van der Waals surface area contributed by atoms with Crippen LogP contribution in [0.25, 0.3) is 75.5 Å². The van der Waals surface area contributed by atoms with Crippen LogP contribution in [0.5, 0.6) is 0 Å². The molecule has 2 aromatic heterocycles. The van der Waals surface area contributed by atoms with Crippen LogP contribution in [0, 0.1) is 0 Å². The Kier molecular flexibility index (Phi) is 9.20. The van der Waals surface area contributed by atoms with E-state index in [2.05, 4.69) is 246 Å². The van der Waals surface area contributed by atoms with Crippen LogP contribution in [0.1, 0.15) is 23.5 Å². The maximum absolute atomic E-state index is 2.43. The summed E-state index contributed by atoms with van der Waals surface area (Å²) >= 11 is 1.88. The Hall–Kier alpha value is -7.72. The molecule has 0 aliphatic heterocycles. The van der Waals surface area contributed by atoms with E-state index in [1.807, 2.05) is 11.3 Å².